The van der Waals surface area contributed by atoms with Gasteiger partial charge in [0.2, 0.25) is 0 Å². The van der Waals surface area contributed by atoms with E-state index < -0.39 is 0 Å². The van der Waals surface area contributed by atoms with Gasteiger partial charge in [-0.3, -0.25) is 0 Å². The summed E-state index contributed by atoms with van der Waals surface area (Å²) in [6, 6.07) is 16.3. The van der Waals surface area contributed by atoms with Gasteiger partial charge >= 0.3 is 0 Å². The van der Waals surface area contributed by atoms with E-state index in [-0.39, 0.29) is 0 Å². The van der Waals surface area contributed by atoms with E-state index >= 15 is 0 Å². The predicted molar refractivity (Wildman–Crippen MR) is 80.1 cm³/mol. The maximum atomic E-state index is 5.80. The lowest BCUT2D eigenvalue weighted by molar-refractivity contribution is 0.480. The van der Waals surface area contributed by atoms with Crippen LogP contribution >= 0.6 is 11.3 Å². The number of benzene rings is 2. The molecule has 0 aliphatic carbocycles. The lowest BCUT2D eigenvalue weighted by atomic mass is 10.1. The number of rotatable bonds is 4. The molecule has 1 aromatic heterocycles. The Morgan fingerprint density at radius 3 is 2.58 bits per heavy atom. The third kappa shape index (κ3) is 2.76. The van der Waals surface area contributed by atoms with Crippen LogP contribution < -0.4 is 4.74 Å². The fourth-order valence-electron chi connectivity index (χ4n) is 2.01. The summed E-state index contributed by atoms with van der Waals surface area (Å²) < 4.78 is 6.96. The van der Waals surface area contributed by atoms with Crippen molar-refractivity contribution in [2.24, 2.45) is 0 Å². The second kappa shape index (κ2) is 5.41. The van der Waals surface area contributed by atoms with E-state index in [9.17, 15) is 0 Å². The van der Waals surface area contributed by atoms with Gasteiger partial charge in [-0.2, -0.15) is 0 Å². The molecule has 1 heterocycles. The fraction of sp³-hybridized carbons (Fsp3) is 0.188. The number of para-hydroxylation sites is 1. The van der Waals surface area contributed by atoms with Gasteiger partial charge in [0, 0.05) is 0 Å². The molecule has 2 nitrogen and oxygen atoms in total. The third-order valence-corrected chi connectivity index (χ3v) is 3.86. The maximum absolute atomic E-state index is 5.80. The summed E-state index contributed by atoms with van der Waals surface area (Å²) in [7, 11) is 0. The Bertz CT molecular complexity index is 640. The highest BCUT2D eigenvalue weighted by atomic mass is 32.1. The van der Waals surface area contributed by atoms with Crippen LogP contribution in [0.15, 0.2) is 48.5 Å². The van der Waals surface area contributed by atoms with Crippen molar-refractivity contribution in [3.8, 4) is 10.9 Å². The molecule has 0 aliphatic rings. The maximum Gasteiger partial charge on any atom is 0.279 e. The SMILES string of the molecule is CCCc1ccc(Oc2nc3ccccc3s2)cc1. The minimum atomic E-state index is 0.699. The molecule has 3 heteroatoms. The molecule has 0 N–H and O–H groups in total. The number of fused-ring (bicyclic) bond motifs is 1. The first kappa shape index (κ1) is 12.2. The van der Waals surface area contributed by atoms with Gasteiger partial charge in [0.05, 0.1) is 10.2 Å². The van der Waals surface area contributed by atoms with Gasteiger partial charge in [-0.15, -0.1) is 0 Å². The van der Waals surface area contributed by atoms with Crippen molar-refractivity contribution >= 4 is 21.6 Å². The molecule has 0 atom stereocenters. The minimum Gasteiger partial charge on any atom is -0.431 e. The summed E-state index contributed by atoms with van der Waals surface area (Å²) in [5.74, 6) is 0.846. The Morgan fingerprint density at radius 1 is 1.05 bits per heavy atom. The summed E-state index contributed by atoms with van der Waals surface area (Å²) in [6.07, 6.45) is 2.28. The van der Waals surface area contributed by atoms with Gasteiger partial charge in [0.15, 0.2) is 0 Å². The van der Waals surface area contributed by atoms with Crippen LogP contribution in [0.25, 0.3) is 10.2 Å². The molecule has 0 saturated carbocycles. The summed E-state index contributed by atoms with van der Waals surface area (Å²) >= 11 is 1.57. The molecule has 0 bridgehead atoms. The molecular formula is C16H15NOS. The standard InChI is InChI=1S/C16H15NOS/c1-2-5-12-8-10-13(11-9-12)18-16-17-14-6-3-4-7-15(14)19-16/h3-4,6-11H,2,5H2,1H3. The van der Waals surface area contributed by atoms with Crippen LogP contribution in [0, 0.1) is 0 Å². The van der Waals surface area contributed by atoms with E-state index in [0.29, 0.717) is 5.19 Å². The third-order valence-electron chi connectivity index (χ3n) is 2.94. The van der Waals surface area contributed by atoms with Crippen LogP contribution in [0.4, 0.5) is 0 Å². The predicted octanol–water partition coefficient (Wildman–Crippen LogP) is 5.04. The zero-order chi connectivity index (χ0) is 13.1. The first-order valence-corrected chi connectivity index (χ1v) is 7.29. The van der Waals surface area contributed by atoms with Crippen molar-refractivity contribution in [3.05, 3.63) is 54.1 Å². The van der Waals surface area contributed by atoms with Gasteiger partial charge in [0.1, 0.15) is 5.75 Å². The second-order valence-corrected chi connectivity index (χ2v) is 5.44. The van der Waals surface area contributed by atoms with Gasteiger partial charge in [-0.1, -0.05) is 48.9 Å². The van der Waals surface area contributed by atoms with Gasteiger partial charge < -0.3 is 4.74 Å². The average Bonchev–Trinajstić information content (AvgIpc) is 2.83. The highest BCUT2D eigenvalue weighted by Crippen LogP contribution is 2.31. The molecule has 0 unspecified atom stereocenters. The van der Waals surface area contributed by atoms with Gasteiger partial charge in [-0.05, 0) is 36.2 Å². The zero-order valence-corrected chi connectivity index (χ0v) is 11.6. The van der Waals surface area contributed by atoms with E-state index in [2.05, 4.69) is 30.1 Å². The lowest BCUT2D eigenvalue weighted by Crippen LogP contribution is -1.85. The largest absolute Gasteiger partial charge is 0.431 e. The monoisotopic (exact) mass is 269 g/mol. The van der Waals surface area contributed by atoms with Gasteiger partial charge in [0.25, 0.3) is 5.19 Å². The van der Waals surface area contributed by atoms with E-state index in [1.807, 2.05) is 30.3 Å². The Morgan fingerprint density at radius 2 is 1.84 bits per heavy atom. The normalized spacial score (nSPS) is 10.8. The Kier molecular flexibility index (Phi) is 3.47. The summed E-state index contributed by atoms with van der Waals surface area (Å²) in [4.78, 5) is 4.46. The molecule has 96 valence electrons. The molecular weight excluding hydrogens is 254 g/mol. The quantitative estimate of drug-likeness (QED) is 0.662. The molecule has 0 spiro atoms. The molecule has 0 saturated heterocycles. The van der Waals surface area contributed by atoms with E-state index in [0.717, 1.165) is 28.8 Å². The first-order valence-electron chi connectivity index (χ1n) is 6.47. The molecule has 2 aromatic carbocycles. The van der Waals surface area contributed by atoms with E-state index in [4.69, 9.17) is 4.74 Å². The lowest BCUT2D eigenvalue weighted by Gasteiger charge is -2.02. The highest BCUT2D eigenvalue weighted by Gasteiger charge is 2.05. The molecule has 19 heavy (non-hydrogen) atoms. The number of hydrogen-bond acceptors (Lipinski definition) is 3. The van der Waals surface area contributed by atoms with E-state index in [1.54, 1.807) is 11.3 Å². The Hall–Kier alpha value is -1.87. The number of nitrogens with zero attached hydrogens (tertiary/aromatic N) is 1. The van der Waals surface area contributed by atoms with Crippen LogP contribution in [-0.2, 0) is 6.42 Å². The average molecular weight is 269 g/mol. The summed E-state index contributed by atoms with van der Waals surface area (Å²) in [5.41, 5.74) is 2.34. The smallest absolute Gasteiger partial charge is 0.279 e. The topological polar surface area (TPSA) is 22.1 Å². The van der Waals surface area contributed by atoms with Crippen LogP contribution in [0.3, 0.4) is 0 Å². The second-order valence-electron chi connectivity index (χ2n) is 4.44. The van der Waals surface area contributed by atoms with Crippen molar-refractivity contribution in [3.63, 3.8) is 0 Å². The van der Waals surface area contributed by atoms with Crippen LogP contribution in [-0.4, -0.2) is 4.98 Å². The summed E-state index contributed by atoms with van der Waals surface area (Å²) in [5, 5.41) is 0.699. The van der Waals surface area contributed by atoms with Crippen molar-refractivity contribution in [2.75, 3.05) is 0 Å². The molecule has 3 aromatic rings. The van der Waals surface area contributed by atoms with Gasteiger partial charge in [-0.25, -0.2) is 4.98 Å². The molecule has 0 aliphatic heterocycles. The number of aryl methyl sites for hydroxylation is 1. The first-order chi connectivity index (χ1) is 9.35. The van der Waals surface area contributed by atoms with E-state index in [1.165, 1.54) is 5.56 Å². The molecule has 0 amide bonds. The minimum absolute atomic E-state index is 0.699. The zero-order valence-electron chi connectivity index (χ0n) is 10.8. The molecule has 0 radical (unpaired) electrons. The molecule has 3 rings (SSSR count). The van der Waals surface area contributed by atoms with Crippen LogP contribution in [0.5, 0.6) is 10.9 Å². The Balaban J connectivity index is 1.80. The van der Waals surface area contributed by atoms with Crippen molar-refractivity contribution in [1.29, 1.82) is 0 Å². The number of ether oxygens (including phenoxy) is 1. The Labute approximate surface area is 116 Å². The number of hydrogen-bond donors (Lipinski definition) is 0. The van der Waals surface area contributed by atoms with Crippen LogP contribution in [0.2, 0.25) is 0 Å². The van der Waals surface area contributed by atoms with Crippen LogP contribution in [0.1, 0.15) is 18.9 Å². The highest BCUT2D eigenvalue weighted by molar-refractivity contribution is 7.20. The van der Waals surface area contributed by atoms with Crippen molar-refractivity contribution in [2.45, 2.75) is 19.8 Å². The summed E-state index contributed by atoms with van der Waals surface area (Å²) in [6.45, 7) is 2.19. The van der Waals surface area contributed by atoms with Crippen molar-refractivity contribution < 1.29 is 4.74 Å². The number of thiazole rings is 1. The molecule has 0 fully saturated rings. The van der Waals surface area contributed by atoms with Crippen molar-refractivity contribution in [1.82, 2.24) is 4.98 Å². The fourth-order valence-corrected chi connectivity index (χ4v) is 2.84. The number of aromatic nitrogens is 1.